The van der Waals surface area contributed by atoms with Gasteiger partial charge in [0.05, 0.1) is 0 Å². The van der Waals surface area contributed by atoms with E-state index in [0.29, 0.717) is 0 Å². The minimum atomic E-state index is 0.896. The lowest BCUT2D eigenvalue weighted by molar-refractivity contribution is 0.668. The first-order valence-electron chi connectivity index (χ1n) is 17.2. The molecule has 8 aromatic carbocycles. The quantitative estimate of drug-likeness (QED) is 0.190. The molecule has 0 aliphatic carbocycles. The normalized spacial score (nSPS) is 11.9. The van der Waals surface area contributed by atoms with Crippen LogP contribution in [0.3, 0.4) is 0 Å². The predicted octanol–water partition coefficient (Wildman–Crippen LogP) is 14.1. The molecular formula is C48H28O3. The molecule has 0 aliphatic heterocycles. The van der Waals surface area contributed by atoms with Gasteiger partial charge < -0.3 is 13.3 Å². The molecule has 0 aliphatic rings. The van der Waals surface area contributed by atoms with E-state index in [9.17, 15) is 0 Å². The van der Waals surface area contributed by atoms with Gasteiger partial charge in [-0.1, -0.05) is 133 Å². The summed E-state index contributed by atoms with van der Waals surface area (Å²) in [4.78, 5) is 0. The molecule has 3 aromatic heterocycles. The van der Waals surface area contributed by atoms with Gasteiger partial charge in [-0.15, -0.1) is 0 Å². The van der Waals surface area contributed by atoms with Crippen molar-refractivity contribution < 1.29 is 13.3 Å². The highest BCUT2D eigenvalue weighted by Crippen LogP contribution is 2.41. The van der Waals surface area contributed by atoms with Crippen LogP contribution in [0.1, 0.15) is 0 Å². The van der Waals surface area contributed by atoms with Crippen LogP contribution < -0.4 is 0 Å². The average molecular weight is 653 g/mol. The van der Waals surface area contributed by atoms with Crippen molar-refractivity contribution in [2.24, 2.45) is 0 Å². The van der Waals surface area contributed by atoms with Crippen LogP contribution >= 0.6 is 0 Å². The zero-order chi connectivity index (χ0) is 33.5. The van der Waals surface area contributed by atoms with Crippen molar-refractivity contribution >= 4 is 65.8 Å². The summed E-state index contributed by atoms with van der Waals surface area (Å²) >= 11 is 0. The molecule has 0 radical (unpaired) electrons. The third kappa shape index (κ3) is 4.38. The van der Waals surface area contributed by atoms with E-state index in [4.69, 9.17) is 13.3 Å². The van der Waals surface area contributed by atoms with E-state index in [1.165, 1.54) is 0 Å². The Kier molecular flexibility index (Phi) is 5.96. The second kappa shape index (κ2) is 10.8. The fraction of sp³-hybridized carbons (Fsp3) is 0. The Morgan fingerprint density at radius 2 is 0.608 bits per heavy atom. The predicted molar refractivity (Wildman–Crippen MR) is 210 cm³/mol. The number of para-hydroxylation sites is 4. The molecule has 3 heteroatoms. The number of hydrogen-bond acceptors (Lipinski definition) is 3. The molecular weight excluding hydrogens is 625 g/mol. The number of rotatable bonds is 4. The minimum absolute atomic E-state index is 0.896. The molecule has 51 heavy (non-hydrogen) atoms. The average Bonchev–Trinajstić information content (AvgIpc) is 3.88. The number of benzene rings is 8. The molecule has 0 saturated carbocycles. The minimum Gasteiger partial charge on any atom is -0.456 e. The Morgan fingerprint density at radius 3 is 1.08 bits per heavy atom. The molecule has 0 spiro atoms. The van der Waals surface area contributed by atoms with Gasteiger partial charge in [0.1, 0.15) is 33.5 Å². The van der Waals surface area contributed by atoms with Crippen molar-refractivity contribution in [2.45, 2.75) is 0 Å². The summed E-state index contributed by atoms with van der Waals surface area (Å²) in [6, 6.07) is 59.6. The van der Waals surface area contributed by atoms with Crippen molar-refractivity contribution in [2.75, 3.05) is 0 Å². The zero-order valence-corrected chi connectivity index (χ0v) is 27.4. The molecule has 0 saturated heterocycles. The van der Waals surface area contributed by atoms with E-state index in [-0.39, 0.29) is 0 Å². The molecule has 0 amide bonds. The van der Waals surface area contributed by atoms with Gasteiger partial charge in [0.25, 0.3) is 0 Å². The Hall–Kier alpha value is -6.84. The van der Waals surface area contributed by atoms with E-state index in [0.717, 1.165) is 110 Å². The summed E-state index contributed by atoms with van der Waals surface area (Å²) in [5.41, 5.74) is 14.3. The van der Waals surface area contributed by atoms with Gasteiger partial charge >= 0.3 is 0 Å². The SMILES string of the molecule is c1ccc2c(c1)oc1cc(-c3ccc(-c4cccc5c4oc4c(-c6ccc(-c7ccc8c(c7)oc7ccccc78)cc6)cccc45)cc3)ccc12. The monoisotopic (exact) mass is 652 g/mol. The largest absolute Gasteiger partial charge is 0.456 e. The highest BCUT2D eigenvalue weighted by atomic mass is 16.3. The van der Waals surface area contributed by atoms with E-state index in [1.54, 1.807) is 0 Å². The van der Waals surface area contributed by atoms with Crippen molar-refractivity contribution in [3.05, 3.63) is 170 Å². The fourth-order valence-corrected chi connectivity index (χ4v) is 7.77. The summed E-state index contributed by atoms with van der Waals surface area (Å²) in [7, 11) is 0. The smallest absolute Gasteiger partial charge is 0.143 e. The molecule has 0 unspecified atom stereocenters. The Morgan fingerprint density at radius 1 is 0.235 bits per heavy atom. The third-order valence-electron chi connectivity index (χ3n) is 10.3. The van der Waals surface area contributed by atoms with Gasteiger partial charge in [-0.2, -0.15) is 0 Å². The molecule has 11 aromatic rings. The molecule has 11 rings (SSSR count). The van der Waals surface area contributed by atoms with Crippen LogP contribution in [-0.2, 0) is 0 Å². The van der Waals surface area contributed by atoms with E-state index < -0.39 is 0 Å². The Balaban J connectivity index is 0.938. The van der Waals surface area contributed by atoms with Crippen LogP contribution in [0.5, 0.6) is 0 Å². The first kappa shape index (κ1) is 28.0. The lowest BCUT2D eigenvalue weighted by atomic mass is 9.97. The van der Waals surface area contributed by atoms with Crippen LogP contribution in [0.2, 0.25) is 0 Å². The van der Waals surface area contributed by atoms with Crippen molar-refractivity contribution in [1.29, 1.82) is 0 Å². The zero-order valence-electron chi connectivity index (χ0n) is 27.4. The molecule has 0 fully saturated rings. The summed E-state index contributed by atoms with van der Waals surface area (Å²) in [5, 5.41) is 6.79. The van der Waals surface area contributed by atoms with Gasteiger partial charge in [0, 0.05) is 43.4 Å². The number of fused-ring (bicyclic) bond motifs is 9. The Bertz CT molecular complexity index is 2900. The lowest BCUT2D eigenvalue weighted by Gasteiger charge is -2.06. The summed E-state index contributed by atoms with van der Waals surface area (Å²) in [6.45, 7) is 0. The standard InChI is InChI=1S/C48H28O3/c1-3-13-43-37(7-1)39-25-23-33(27-45(39)49-43)29-15-19-31(20-16-29)35-9-5-11-41-42-12-6-10-36(48(42)51-47(35)41)32-21-17-30(18-22-32)34-24-26-40-38-8-2-4-14-44(38)50-46(40)28-34/h1-28H. The number of furan rings is 3. The Labute approximate surface area is 292 Å². The topological polar surface area (TPSA) is 39.4 Å². The van der Waals surface area contributed by atoms with Gasteiger partial charge in [0.2, 0.25) is 0 Å². The van der Waals surface area contributed by atoms with Crippen LogP contribution in [0.4, 0.5) is 0 Å². The van der Waals surface area contributed by atoms with Crippen molar-refractivity contribution in [1.82, 2.24) is 0 Å². The maximum Gasteiger partial charge on any atom is 0.143 e. The number of hydrogen-bond donors (Lipinski definition) is 0. The summed E-state index contributed by atoms with van der Waals surface area (Å²) in [5.74, 6) is 0. The summed E-state index contributed by atoms with van der Waals surface area (Å²) in [6.07, 6.45) is 0. The second-order valence-electron chi connectivity index (χ2n) is 13.2. The third-order valence-corrected chi connectivity index (χ3v) is 10.3. The second-order valence-corrected chi connectivity index (χ2v) is 13.2. The molecule has 3 nitrogen and oxygen atoms in total. The van der Waals surface area contributed by atoms with E-state index >= 15 is 0 Å². The first-order chi connectivity index (χ1) is 25.2. The molecule has 0 N–H and O–H groups in total. The molecule has 0 atom stereocenters. The first-order valence-corrected chi connectivity index (χ1v) is 17.2. The molecule has 238 valence electrons. The molecule has 3 heterocycles. The van der Waals surface area contributed by atoms with Crippen LogP contribution in [0.25, 0.3) is 110 Å². The van der Waals surface area contributed by atoms with E-state index in [2.05, 4.69) is 146 Å². The van der Waals surface area contributed by atoms with Crippen molar-refractivity contribution in [3.8, 4) is 44.5 Å². The summed E-state index contributed by atoms with van der Waals surface area (Å²) < 4.78 is 19.1. The van der Waals surface area contributed by atoms with Gasteiger partial charge in [0.15, 0.2) is 0 Å². The van der Waals surface area contributed by atoms with Crippen LogP contribution in [0, 0.1) is 0 Å². The van der Waals surface area contributed by atoms with Gasteiger partial charge in [-0.25, -0.2) is 0 Å². The van der Waals surface area contributed by atoms with Crippen LogP contribution in [0.15, 0.2) is 183 Å². The van der Waals surface area contributed by atoms with E-state index in [1.807, 2.05) is 24.3 Å². The molecule has 0 bridgehead atoms. The fourth-order valence-electron chi connectivity index (χ4n) is 7.77. The van der Waals surface area contributed by atoms with Crippen molar-refractivity contribution in [3.63, 3.8) is 0 Å². The van der Waals surface area contributed by atoms with Gasteiger partial charge in [-0.05, 0) is 69.8 Å². The maximum atomic E-state index is 6.78. The van der Waals surface area contributed by atoms with Crippen LogP contribution in [-0.4, -0.2) is 0 Å². The maximum absolute atomic E-state index is 6.78. The highest BCUT2D eigenvalue weighted by molar-refractivity contribution is 6.13. The lowest BCUT2D eigenvalue weighted by Crippen LogP contribution is -1.81. The van der Waals surface area contributed by atoms with Gasteiger partial charge in [-0.3, -0.25) is 0 Å². The highest BCUT2D eigenvalue weighted by Gasteiger charge is 2.16.